The second-order valence-corrected chi connectivity index (χ2v) is 3.00. The van der Waals surface area contributed by atoms with Crippen molar-refractivity contribution in [3.63, 3.8) is 0 Å². The van der Waals surface area contributed by atoms with E-state index < -0.39 is 0 Å². The molecule has 0 nitrogen and oxygen atoms in total. The molecular formula is CMgS4. The van der Waals surface area contributed by atoms with E-state index in [2.05, 4.69) is 36.0 Å². The van der Waals surface area contributed by atoms with E-state index in [0.717, 1.165) is 10.3 Å². The Kier molecular flexibility index (Phi) is 11.7. The summed E-state index contributed by atoms with van der Waals surface area (Å²) in [6, 6.07) is 0. The van der Waals surface area contributed by atoms with E-state index >= 15 is 0 Å². The van der Waals surface area contributed by atoms with Gasteiger partial charge in [0.1, 0.15) is 0 Å². The minimum absolute atomic E-state index is 0. The van der Waals surface area contributed by atoms with Crippen LogP contribution in [0.25, 0.3) is 0 Å². The van der Waals surface area contributed by atoms with Gasteiger partial charge in [-0.2, -0.15) is 0 Å². The molecular weight excluding hydrogens is 165 g/mol. The van der Waals surface area contributed by atoms with Crippen LogP contribution in [0.3, 0.4) is 0 Å². The Bertz CT molecular complexity index is 58.6. The van der Waals surface area contributed by atoms with Crippen LogP contribution >= 0.6 is 12.2 Å². The zero-order valence-electron chi connectivity index (χ0n) is 2.84. The van der Waals surface area contributed by atoms with E-state index in [1.807, 2.05) is 0 Å². The maximum atomic E-state index is 4.37. The van der Waals surface area contributed by atoms with Gasteiger partial charge in [-0.25, -0.2) is 0 Å². The monoisotopic (exact) mass is 164 g/mol. The van der Waals surface area contributed by atoms with Gasteiger partial charge in [0.25, 0.3) is 0 Å². The molecule has 0 aliphatic rings. The minimum Gasteiger partial charge on any atom is -0.524 e. The molecule has 0 saturated carbocycles. The summed E-state index contributed by atoms with van der Waals surface area (Å²) in [6.07, 6.45) is 0. The molecule has 0 aromatic rings. The van der Waals surface area contributed by atoms with Gasteiger partial charge in [-0.15, -0.1) is 0 Å². The zero-order valence-corrected chi connectivity index (χ0v) is 7.52. The number of thiocarbonyl (C=S) groups is 1. The second-order valence-electron chi connectivity index (χ2n) is 0.333. The van der Waals surface area contributed by atoms with Gasteiger partial charge < -0.3 is 35.2 Å². The number of rotatable bonds is 0. The van der Waals surface area contributed by atoms with Crippen molar-refractivity contribution in [3.8, 4) is 0 Å². The molecule has 0 heterocycles. The van der Waals surface area contributed by atoms with Crippen molar-refractivity contribution in [1.82, 2.24) is 0 Å². The van der Waals surface area contributed by atoms with Crippen molar-refractivity contribution in [2.24, 2.45) is 0 Å². The summed E-state index contributed by atoms with van der Waals surface area (Å²) in [6.45, 7) is 0. The maximum absolute atomic E-state index is 4.37. The molecule has 0 N–H and O–H groups in total. The molecule has 0 amide bonds. The SMILES string of the molecule is S=[S-]C(=S)[S-].[Mg+2]. The molecule has 0 rings (SSSR count). The number of hydrogen-bond donors (Lipinski definition) is 0. The van der Waals surface area contributed by atoms with Gasteiger partial charge in [-0.1, -0.05) is 0 Å². The number of hydrogen-bond acceptors (Lipinski definition) is 4. The molecule has 0 aromatic heterocycles. The summed E-state index contributed by atoms with van der Waals surface area (Å²) in [5.41, 5.74) is 0. The van der Waals surface area contributed by atoms with Crippen LogP contribution in [-0.4, -0.2) is 26.6 Å². The van der Waals surface area contributed by atoms with E-state index in [-0.39, 0.29) is 23.1 Å². The molecule has 30 valence electrons. The van der Waals surface area contributed by atoms with Crippen LogP contribution in [0.2, 0.25) is 0 Å². The van der Waals surface area contributed by atoms with Gasteiger partial charge in [0.15, 0.2) is 0 Å². The summed E-state index contributed by atoms with van der Waals surface area (Å²) < 4.78 is 0.403. The Hall–Kier alpha value is 1.65. The zero-order chi connectivity index (χ0) is 4.28. The largest absolute Gasteiger partial charge is 2.00 e. The molecule has 0 aliphatic heterocycles. The van der Waals surface area contributed by atoms with Crippen LogP contribution in [0.15, 0.2) is 0 Å². The summed E-state index contributed by atoms with van der Waals surface area (Å²) in [7, 11) is 1.01. The smallest absolute Gasteiger partial charge is 0.524 e. The molecule has 0 fully saturated rings. The van der Waals surface area contributed by atoms with Gasteiger partial charge in [-0.05, 0) is 0 Å². The Balaban J connectivity index is 0. The fourth-order valence-corrected chi connectivity index (χ4v) is 0. The molecule has 0 bridgehead atoms. The predicted molar refractivity (Wildman–Crippen MR) is 40.4 cm³/mol. The van der Waals surface area contributed by atoms with E-state index in [1.165, 1.54) is 0 Å². The van der Waals surface area contributed by atoms with Crippen LogP contribution in [0.1, 0.15) is 0 Å². The van der Waals surface area contributed by atoms with Crippen LogP contribution in [0.4, 0.5) is 0 Å². The standard InChI is InChI=1S/CHS4.Mg/c2-1(3)5-4;/h(H,2,3);/q-1;+2/p-1. The molecule has 0 saturated heterocycles. The molecule has 0 spiro atoms. The Labute approximate surface area is 72.3 Å². The van der Waals surface area contributed by atoms with Crippen molar-refractivity contribution < 1.29 is 0 Å². The van der Waals surface area contributed by atoms with Gasteiger partial charge in [0.05, 0.1) is 0 Å². The summed E-state index contributed by atoms with van der Waals surface area (Å²) in [4.78, 5) is 0. The molecule has 0 aliphatic carbocycles. The first-order valence-corrected chi connectivity index (χ1v) is 3.34. The van der Waals surface area contributed by atoms with Crippen molar-refractivity contribution in [3.05, 3.63) is 0 Å². The van der Waals surface area contributed by atoms with Crippen LogP contribution < -0.4 is 0 Å². The first kappa shape index (κ1) is 10.6. The summed E-state index contributed by atoms with van der Waals surface area (Å²) in [5, 5.41) is 0. The van der Waals surface area contributed by atoms with Crippen LogP contribution in [0, 0.1) is 0 Å². The second kappa shape index (κ2) is 6.65. The van der Waals surface area contributed by atoms with E-state index in [0.29, 0.717) is 3.53 Å². The third-order valence-corrected chi connectivity index (χ3v) is 1.84. The molecule has 0 unspecified atom stereocenters. The van der Waals surface area contributed by atoms with Crippen LogP contribution in [0.5, 0.6) is 0 Å². The van der Waals surface area contributed by atoms with E-state index in [9.17, 15) is 0 Å². The van der Waals surface area contributed by atoms with Gasteiger partial charge in [0.2, 0.25) is 0 Å². The summed E-state index contributed by atoms with van der Waals surface area (Å²) in [5.74, 6) is 0. The molecule has 0 radical (unpaired) electrons. The predicted octanol–water partition coefficient (Wildman–Crippen LogP) is -0.0181. The Morgan fingerprint density at radius 3 is 1.83 bits per heavy atom. The average molecular weight is 165 g/mol. The fourth-order valence-electron chi connectivity index (χ4n) is 0. The van der Waals surface area contributed by atoms with E-state index in [4.69, 9.17) is 0 Å². The maximum Gasteiger partial charge on any atom is 2.00 e. The topological polar surface area (TPSA) is 0 Å². The van der Waals surface area contributed by atoms with Gasteiger partial charge >= 0.3 is 23.1 Å². The van der Waals surface area contributed by atoms with E-state index in [1.54, 1.807) is 0 Å². The molecule has 5 heteroatoms. The normalized spacial score (nSPS) is 6.00. The fraction of sp³-hybridized carbons (Fsp3) is 0. The molecule has 0 aromatic carbocycles. The van der Waals surface area contributed by atoms with Gasteiger partial charge in [0, 0.05) is 0 Å². The average Bonchev–Trinajstić information content (AvgIpc) is 1.38. The summed E-state index contributed by atoms with van der Waals surface area (Å²) >= 11 is 13.1. The van der Waals surface area contributed by atoms with Crippen molar-refractivity contribution >= 4 is 72.9 Å². The molecule has 0 atom stereocenters. The van der Waals surface area contributed by atoms with Crippen molar-refractivity contribution in [2.45, 2.75) is 0 Å². The van der Waals surface area contributed by atoms with Crippen molar-refractivity contribution in [2.75, 3.05) is 0 Å². The first-order chi connectivity index (χ1) is 2.27. The first-order valence-electron chi connectivity index (χ1n) is 0.779. The third-order valence-electron chi connectivity index (χ3n) is 0.0680. The Morgan fingerprint density at radius 1 is 1.67 bits per heavy atom. The quantitative estimate of drug-likeness (QED) is 0.281. The van der Waals surface area contributed by atoms with Crippen LogP contribution in [-0.2, 0) is 34.1 Å². The van der Waals surface area contributed by atoms with Gasteiger partial charge in [-0.3, -0.25) is 14.7 Å². The third kappa shape index (κ3) is 9.17. The van der Waals surface area contributed by atoms with Crippen molar-refractivity contribution in [1.29, 1.82) is 0 Å². The minimum atomic E-state index is 0. The Morgan fingerprint density at radius 2 is 1.83 bits per heavy atom. The molecule has 6 heavy (non-hydrogen) atoms.